The van der Waals surface area contributed by atoms with Crippen molar-refractivity contribution in [2.45, 2.75) is 82.8 Å². The molecule has 5 heteroatoms. The Morgan fingerprint density at radius 2 is 1.46 bits per heavy atom. The molecule has 2 amide bonds. The molecule has 28 heavy (non-hydrogen) atoms. The fraction of sp³-hybridized carbons (Fsp3) is 0.565. The number of hydrogen-bond donors (Lipinski definition) is 2. The van der Waals surface area contributed by atoms with Gasteiger partial charge < -0.3 is 15.4 Å². The molecule has 0 aromatic heterocycles. The molecule has 3 rings (SSSR count). The van der Waals surface area contributed by atoms with Gasteiger partial charge in [-0.25, -0.2) is 9.18 Å². The van der Waals surface area contributed by atoms with Crippen LogP contribution in [0.1, 0.15) is 70.6 Å². The minimum Gasteiger partial charge on any atom is -0.490 e. The van der Waals surface area contributed by atoms with Crippen LogP contribution in [-0.2, 0) is 0 Å². The number of nitrogens with one attached hydrogen (secondary N) is 2. The van der Waals surface area contributed by atoms with E-state index in [1.165, 1.54) is 50.3 Å². The summed E-state index contributed by atoms with van der Waals surface area (Å²) in [5, 5.41) is 6.21. The van der Waals surface area contributed by atoms with Crippen LogP contribution in [0.4, 0.5) is 9.18 Å². The summed E-state index contributed by atoms with van der Waals surface area (Å²) in [5.74, 6) is 0.458. The monoisotopic (exact) mass is 389 g/mol. The predicted octanol–water partition coefficient (Wildman–Crippen LogP) is 5.75. The van der Waals surface area contributed by atoms with E-state index in [2.05, 4.69) is 10.6 Å². The quantitative estimate of drug-likeness (QED) is 0.689. The third-order valence-corrected chi connectivity index (χ3v) is 5.37. The molecule has 0 bridgehead atoms. The number of urea groups is 1. The molecule has 2 saturated carbocycles. The molecule has 0 saturated heterocycles. The Kier molecular flexibility index (Phi) is 10.9. The lowest BCUT2D eigenvalue weighted by atomic mass is 9.93. The molecule has 155 valence electrons. The molecule has 5 radical (unpaired) electrons. The Hall–Kier alpha value is -1.78. The first-order valence-electron chi connectivity index (χ1n) is 10.0. The Morgan fingerprint density at radius 1 is 0.893 bits per heavy atom. The molecule has 4 nitrogen and oxygen atoms in total. The Labute approximate surface area is 170 Å². The highest BCUT2D eigenvalue weighted by Crippen LogP contribution is 2.25. The molecular weight excluding hydrogens is 355 g/mol. The van der Waals surface area contributed by atoms with Gasteiger partial charge >= 0.3 is 6.03 Å². The lowest BCUT2D eigenvalue weighted by Gasteiger charge is -2.30. The van der Waals surface area contributed by atoms with Crippen LogP contribution < -0.4 is 15.4 Å². The van der Waals surface area contributed by atoms with Crippen LogP contribution in [-0.4, -0.2) is 18.2 Å². The summed E-state index contributed by atoms with van der Waals surface area (Å²) in [6.45, 7) is 0. The van der Waals surface area contributed by atoms with E-state index < -0.39 is 0 Å². The van der Waals surface area contributed by atoms with Crippen molar-refractivity contribution in [3.63, 3.8) is 0 Å². The van der Waals surface area contributed by atoms with E-state index in [4.69, 9.17) is 4.74 Å². The van der Waals surface area contributed by atoms with Gasteiger partial charge in [0.15, 0.2) is 0 Å². The van der Waals surface area contributed by atoms with Crippen LogP contribution in [0.5, 0.6) is 5.75 Å². The second-order valence-electron chi connectivity index (χ2n) is 7.52. The third-order valence-electron chi connectivity index (χ3n) is 5.37. The highest BCUT2D eigenvalue weighted by molar-refractivity contribution is 5.75. The maximum Gasteiger partial charge on any atom is 0.315 e. The van der Waals surface area contributed by atoms with Crippen LogP contribution in [0.15, 0.2) is 24.3 Å². The zero-order valence-corrected chi connectivity index (χ0v) is 16.9. The van der Waals surface area contributed by atoms with Crippen LogP contribution in [0.3, 0.4) is 0 Å². The minimum absolute atomic E-state index is 0. The van der Waals surface area contributed by atoms with E-state index in [1.807, 2.05) is 0 Å². The maximum absolute atomic E-state index is 12.9. The van der Waals surface area contributed by atoms with Gasteiger partial charge in [0, 0.05) is 6.04 Å². The van der Waals surface area contributed by atoms with E-state index in [-0.39, 0.29) is 38.8 Å². The maximum atomic E-state index is 12.9. The van der Waals surface area contributed by atoms with E-state index in [1.54, 1.807) is 12.1 Å². The van der Waals surface area contributed by atoms with Crippen LogP contribution >= 0.6 is 0 Å². The molecular formula is C23H34FN2O2. The topological polar surface area (TPSA) is 50.4 Å². The second-order valence-corrected chi connectivity index (χ2v) is 7.52. The van der Waals surface area contributed by atoms with E-state index in [0.717, 1.165) is 38.5 Å². The summed E-state index contributed by atoms with van der Waals surface area (Å²) < 4.78 is 18.9. The highest BCUT2D eigenvalue weighted by atomic mass is 19.1. The van der Waals surface area contributed by atoms with Gasteiger partial charge in [0.2, 0.25) is 0 Å². The first-order valence-corrected chi connectivity index (χ1v) is 10.0. The number of halogens is 1. The number of carbonyl (C=O) groups is 1. The van der Waals surface area contributed by atoms with Gasteiger partial charge in [0.1, 0.15) is 11.6 Å². The van der Waals surface area contributed by atoms with Crippen molar-refractivity contribution in [1.29, 1.82) is 0 Å². The summed E-state index contributed by atoms with van der Waals surface area (Å²) in [6, 6.07) is 7.51. The van der Waals surface area contributed by atoms with Crippen molar-refractivity contribution in [2.75, 3.05) is 0 Å². The summed E-state index contributed by atoms with van der Waals surface area (Å²) >= 11 is 0. The molecule has 0 aliphatic heterocycles. The molecule has 0 spiro atoms. The van der Waals surface area contributed by atoms with Gasteiger partial charge in [0.05, 0.1) is 12.1 Å². The number of hydrogen-bond acceptors (Lipinski definition) is 2. The van der Waals surface area contributed by atoms with Gasteiger partial charge in [-0.2, -0.15) is 0 Å². The largest absolute Gasteiger partial charge is 0.490 e. The zero-order chi connectivity index (χ0) is 18.2. The number of amides is 2. The molecule has 1 aromatic carbocycles. The lowest BCUT2D eigenvalue weighted by Crippen LogP contribution is -2.45. The minimum atomic E-state index is -0.251. The van der Waals surface area contributed by atoms with Crippen molar-refractivity contribution in [3.8, 4) is 5.75 Å². The van der Waals surface area contributed by atoms with Gasteiger partial charge in [-0.15, -0.1) is 0 Å². The van der Waals surface area contributed by atoms with E-state index >= 15 is 0 Å². The molecule has 0 atom stereocenters. The van der Waals surface area contributed by atoms with Gasteiger partial charge in [-0.3, -0.25) is 0 Å². The molecule has 1 aromatic rings. The molecule has 0 heterocycles. The fourth-order valence-electron chi connectivity index (χ4n) is 3.87. The van der Waals surface area contributed by atoms with Crippen molar-refractivity contribution in [3.05, 3.63) is 51.0 Å². The summed E-state index contributed by atoms with van der Waals surface area (Å²) in [6.07, 6.45) is 12.0. The zero-order valence-electron chi connectivity index (χ0n) is 16.9. The van der Waals surface area contributed by atoms with Crippen LogP contribution in [0, 0.1) is 26.7 Å². The number of benzene rings is 1. The Balaban J connectivity index is 0.00000196. The van der Waals surface area contributed by atoms with Crippen molar-refractivity contribution < 1.29 is 13.9 Å². The number of carbonyl (C=O) groups excluding carboxylic acids is 1. The van der Waals surface area contributed by atoms with Gasteiger partial charge in [-0.1, -0.05) is 47.0 Å². The number of ether oxygens (including phenoxy) is 1. The fourth-order valence-corrected chi connectivity index (χ4v) is 3.87. The first kappa shape index (κ1) is 24.3. The molecule has 2 fully saturated rings. The molecule has 0 unspecified atom stereocenters. The van der Waals surface area contributed by atoms with Crippen molar-refractivity contribution in [1.82, 2.24) is 10.6 Å². The summed E-state index contributed by atoms with van der Waals surface area (Å²) in [5.41, 5.74) is 0. The summed E-state index contributed by atoms with van der Waals surface area (Å²) in [4.78, 5) is 12.3. The third kappa shape index (κ3) is 8.07. The predicted molar refractivity (Wildman–Crippen MR) is 111 cm³/mol. The van der Waals surface area contributed by atoms with Crippen molar-refractivity contribution >= 4 is 6.03 Å². The van der Waals surface area contributed by atoms with E-state index in [0.29, 0.717) is 5.75 Å². The molecule has 2 aliphatic carbocycles. The number of rotatable bonds is 4. The van der Waals surface area contributed by atoms with Crippen LogP contribution in [0.25, 0.3) is 0 Å². The smallest absolute Gasteiger partial charge is 0.315 e. The standard InChI is InChI=1S/C21H30FN2O2.2CH2/c22-16-8-12-19(13-9-16)26-20-14-10-18(11-15-20)24-21(25)23-17-6-4-2-1-3-5-7-17;;/h8-9,12-13,18,20H,1-7,10-11,14-15H2,(H2,23,24,25);2*1H2. The Morgan fingerprint density at radius 3 is 2.07 bits per heavy atom. The van der Waals surface area contributed by atoms with Gasteiger partial charge in [-0.05, 0) is 62.8 Å². The summed E-state index contributed by atoms with van der Waals surface area (Å²) in [7, 11) is 0. The van der Waals surface area contributed by atoms with Gasteiger partial charge in [0.25, 0.3) is 0 Å². The van der Waals surface area contributed by atoms with Crippen LogP contribution in [0.2, 0.25) is 0 Å². The van der Waals surface area contributed by atoms with Crippen molar-refractivity contribution in [2.24, 2.45) is 0 Å². The highest BCUT2D eigenvalue weighted by Gasteiger charge is 2.24. The lowest BCUT2D eigenvalue weighted by molar-refractivity contribution is 0.140. The second kappa shape index (κ2) is 12.6. The Bertz CT molecular complexity index is 548. The SMILES string of the molecule is O=C(N[C]1CCCCCCC1)NC1CCC(Oc2ccc(F)cc2)CC1.[CH2].[CH2]. The normalized spacial score (nSPS) is 23.2. The van der Waals surface area contributed by atoms with E-state index in [9.17, 15) is 9.18 Å². The average molecular weight is 390 g/mol. The average Bonchev–Trinajstić information content (AvgIpc) is 2.61. The molecule has 2 N–H and O–H groups in total. The molecule has 2 aliphatic rings. The first-order chi connectivity index (χ1) is 12.7.